The van der Waals surface area contributed by atoms with Crippen molar-refractivity contribution in [3.05, 3.63) is 89.0 Å². The summed E-state index contributed by atoms with van der Waals surface area (Å²) in [5.41, 5.74) is 3.79. The van der Waals surface area contributed by atoms with Gasteiger partial charge in [-0.2, -0.15) is 0 Å². The smallest absolute Gasteiger partial charge is 0.262 e. The lowest BCUT2D eigenvalue weighted by Crippen LogP contribution is -2.23. The summed E-state index contributed by atoms with van der Waals surface area (Å²) >= 11 is 0. The molecule has 0 bridgehead atoms. The highest BCUT2D eigenvalue weighted by Crippen LogP contribution is 2.21. The van der Waals surface area contributed by atoms with Crippen LogP contribution < -0.4 is 15.4 Å². The minimum absolute atomic E-state index is 0.0746. The van der Waals surface area contributed by atoms with Gasteiger partial charge in [-0.05, 0) is 73.0 Å². The van der Waals surface area contributed by atoms with Gasteiger partial charge in [0.15, 0.2) is 0 Å². The molecule has 0 aliphatic carbocycles. The molecule has 0 saturated heterocycles. The molecule has 3 aromatic carbocycles. The van der Waals surface area contributed by atoms with Crippen LogP contribution in [0, 0.1) is 19.8 Å². The molecule has 7 nitrogen and oxygen atoms in total. The molecule has 0 fully saturated rings. The first-order valence-electron chi connectivity index (χ1n) is 10.9. The number of nitrogens with one attached hydrogen (secondary N) is 3. The van der Waals surface area contributed by atoms with Crippen molar-refractivity contribution in [2.45, 2.75) is 39.1 Å². The van der Waals surface area contributed by atoms with Crippen LogP contribution in [0.5, 0.6) is 0 Å². The van der Waals surface area contributed by atoms with Crippen LogP contribution in [0.15, 0.2) is 71.6 Å². The molecule has 3 aromatic rings. The summed E-state index contributed by atoms with van der Waals surface area (Å²) in [5.74, 6) is -0.494. The van der Waals surface area contributed by atoms with Gasteiger partial charge in [0.1, 0.15) is 0 Å². The van der Waals surface area contributed by atoms with Crippen molar-refractivity contribution in [3.63, 3.8) is 0 Å². The third-order valence-corrected chi connectivity index (χ3v) is 6.73. The maximum Gasteiger partial charge on any atom is 0.262 e. The van der Waals surface area contributed by atoms with E-state index in [-0.39, 0.29) is 29.2 Å². The molecule has 0 radical (unpaired) electrons. The van der Waals surface area contributed by atoms with Gasteiger partial charge in [0.25, 0.3) is 15.9 Å². The van der Waals surface area contributed by atoms with Crippen LogP contribution in [-0.2, 0) is 21.4 Å². The normalized spacial score (nSPS) is 11.2. The number of aryl methyl sites for hydroxylation is 2. The largest absolute Gasteiger partial charge is 0.348 e. The first-order valence-corrected chi connectivity index (χ1v) is 12.4. The number of hydrogen-bond donors (Lipinski definition) is 3. The zero-order chi connectivity index (χ0) is 24.9. The lowest BCUT2D eigenvalue weighted by atomic mass is 10.1. The Kier molecular flexibility index (Phi) is 7.73. The highest BCUT2D eigenvalue weighted by Gasteiger charge is 2.17. The standard InChI is InChI=1S/C26H29N3O4S/c1-17(2)25(30)28-23-7-5-6-20(15-23)16-27-26(31)21-10-12-22(13-11-21)29-34(32,33)24-14-18(3)8-9-19(24)4/h5-15,17,29H,16H2,1-4H3,(H,27,31)(H,28,30). The summed E-state index contributed by atoms with van der Waals surface area (Å²) in [6.07, 6.45) is 0. The highest BCUT2D eigenvalue weighted by atomic mass is 32.2. The summed E-state index contributed by atoms with van der Waals surface area (Å²) in [6, 6.07) is 18.8. The van der Waals surface area contributed by atoms with Crippen molar-refractivity contribution in [2.24, 2.45) is 5.92 Å². The Bertz CT molecular complexity index is 1300. The van der Waals surface area contributed by atoms with Crippen LogP contribution in [0.25, 0.3) is 0 Å². The third kappa shape index (κ3) is 6.45. The predicted octanol–water partition coefficient (Wildman–Crippen LogP) is 4.63. The Hall–Kier alpha value is -3.65. The van der Waals surface area contributed by atoms with E-state index < -0.39 is 10.0 Å². The lowest BCUT2D eigenvalue weighted by molar-refractivity contribution is -0.118. The van der Waals surface area contributed by atoms with Gasteiger partial charge in [0, 0.05) is 29.4 Å². The molecular formula is C26H29N3O4S. The Morgan fingerprint density at radius 3 is 2.26 bits per heavy atom. The first kappa shape index (κ1) is 25.0. The zero-order valence-corrected chi connectivity index (χ0v) is 20.5. The van der Waals surface area contributed by atoms with E-state index in [2.05, 4.69) is 15.4 Å². The molecule has 0 spiro atoms. The molecule has 0 heterocycles. The fourth-order valence-electron chi connectivity index (χ4n) is 3.23. The number of anilines is 2. The number of carbonyl (C=O) groups is 2. The Labute approximate surface area is 200 Å². The van der Waals surface area contributed by atoms with Crippen LogP contribution in [0.1, 0.15) is 40.9 Å². The molecule has 2 amide bonds. The molecular weight excluding hydrogens is 450 g/mol. The molecule has 0 aromatic heterocycles. The summed E-state index contributed by atoms with van der Waals surface area (Å²) < 4.78 is 28.1. The fraction of sp³-hybridized carbons (Fsp3) is 0.231. The average Bonchev–Trinajstić information content (AvgIpc) is 2.79. The lowest BCUT2D eigenvalue weighted by Gasteiger charge is -2.12. The van der Waals surface area contributed by atoms with Gasteiger partial charge in [-0.25, -0.2) is 8.42 Å². The number of amides is 2. The Morgan fingerprint density at radius 1 is 0.882 bits per heavy atom. The number of benzene rings is 3. The van der Waals surface area contributed by atoms with Crippen molar-refractivity contribution in [2.75, 3.05) is 10.0 Å². The zero-order valence-electron chi connectivity index (χ0n) is 19.7. The monoisotopic (exact) mass is 479 g/mol. The molecule has 34 heavy (non-hydrogen) atoms. The quantitative estimate of drug-likeness (QED) is 0.438. The molecule has 178 valence electrons. The second-order valence-corrected chi connectivity index (χ2v) is 10.1. The van der Waals surface area contributed by atoms with Crippen molar-refractivity contribution < 1.29 is 18.0 Å². The van der Waals surface area contributed by atoms with E-state index in [0.717, 1.165) is 11.1 Å². The molecule has 3 rings (SSSR count). The second kappa shape index (κ2) is 10.5. The molecule has 0 saturated carbocycles. The summed E-state index contributed by atoms with van der Waals surface area (Å²) in [6.45, 7) is 7.50. The molecule has 0 aliphatic rings. The van der Waals surface area contributed by atoms with E-state index in [1.807, 2.05) is 45.0 Å². The van der Waals surface area contributed by atoms with Gasteiger partial charge in [-0.1, -0.05) is 38.1 Å². The first-order chi connectivity index (χ1) is 16.0. The van der Waals surface area contributed by atoms with Gasteiger partial charge >= 0.3 is 0 Å². The second-order valence-electron chi connectivity index (χ2n) is 8.48. The molecule has 0 atom stereocenters. The van der Waals surface area contributed by atoms with Crippen LogP contribution in [0.2, 0.25) is 0 Å². The maximum absolute atomic E-state index is 12.8. The van der Waals surface area contributed by atoms with Crippen LogP contribution in [-0.4, -0.2) is 20.2 Å². The van der Waals surface area contributed by atoms with Gasteiger partial charge in [0.05, 0.1) is 4.90 Å². The van der Waals surface area contributed by atoms with Crippen molar-refractivity contribution in [3.8, 4) is 0 Å². The Morgan fingerprint density at radius 2 is 1.59 bits per heavy atom. The summed E-state index contributed by atoms with van der Waals surface area (Å²) in [4.78, 5) is 24.7. The van der Waals surface area contributed by atoms with Crippen LogP contribution >= 0.6 is 0 Å². The van der Waals surface area contributed by atoms with Crippen molar-refractivity contribution in [1.82, 2.24) is 5.32 Å². The Balaban J connectivity index is 1.62. The van der Waals surface area contributed by atoms with E-state index in [0.29, 0.717) is 22.5 Å². The highest BCUT2D eigenvalue weighted by molar-refractivity contribution is 7.92. The van der Waals surface area contributed by atoms with Gasteiger partial charge in [-0.15, -0.1) is 0 Å². The number of hydrogen-bond acceptors (Lipinski definition) is 4. The van der Waals surface area contributed by atoms with Gasteiger partial charge in [0.2, 0.25) is 5.91 Å². The minimum Gasteiger partial charge on any atom is -0.348 e. The van der Waals surface area contributed by atoms with Crippen molar-refractivity contribution in [1.29, 1.82) is 0 Å². The topological polar surface area (TPSA) is 104 Å². The number of carbonyl (C=O) groups excluding carboxylic acids is 2. The predicted molar refractivity (Wildman–Crippen MR) is 134 cm³/mol. The van der Waals surface area contributed by atoms with Crippen molar-refractivity contribution >= 4 is 33.2 Å². The molecule has 3 N–H and O–H groups in total. The van der Waals surface area contributed by atoms with E-state index in [1.54, 1.807) is 49.4 Å². The van der Waals surface area contributed by atoms with E-state index in [4.69, 9.17) is 0 Å². The molecule has 8 heteroatoms. The van der Waals surface area contributed by atoms with E-state index in [1.165, 1.54) is 0 Å². The fourth-order valence-corrected chi connectivity index (χ4v) is 4.62. The average molecular weight is 480 g/mol. The third-order valence-electron chi connectivity index (χ3n) is 5.20. The maximum atomic E-state index is 12.8. The van der Waals surface area contributed by atoms with Crippen LogP contribution in [0.4, 0.5) is 11.4 Å². The SMILES string of the molecule is Cc1ccc(C)c(S(=O)(=O)Nc2ccc(C(=O)NCc3cccc(NC(=O)C(C)C)c3)cc2)c1. The molecule has 0 aliphatic heterocycles. The van der Waals surface area contributed by atoms with E-state index >= 15 is 0 Å². The van der Waals surface area contributed by atoms with Crippen LogP contribution in [0.3, 0.4) is 0 Å². The van der Waals surface area contributed by atoms with Gasteiger partial charge in [-0.3, -0.25) is 14.3 Å². The number of rotatable bonds is 8. The summed E-state index contributed by atoms with van der Waals surface area (Å²) in [7, 11) is -3.74. The number of sulfonamides is 1. The minimum atomic E-state index is -3.74. The summed E-state index contributed by atoms with van der Waals surface area (Å²) in [5, 5.41) is 5.67. The molecule has 0 unspecified atom stereocenters. The van der Waals surface area contributed by atoms with E-state index in [9.17, 15) is 18.0 Å². The van der Waals surface area contributed by atoms with Gasteiger partial charge < -0.3 is 10.6 Å².